The van der Waals surface area contributed by atoms with Crippen LogP contribution in [0.5, 0.6) is 0 Å². The van der Waals surface area contributed by atoms with Gasteiger partial charge in [-0.3, -0.25) is 9.59 Å². The third-order valence-electron chi connectivity index (χ3n) is 5.74. The van der Waals surface area contributed by atoms with Gasteiger partial charge in [-0.2, -0.15) is 0 Å². The van der Waals surface area contributed by atoms with Crippen molar-refractivity contribution < 1.29 is 18.8 Å². The second kappa shape index (κ2) is 5.82. The lowest BCUT2D eigenvalue weighted by Gasteiger charge is -2.33. The number of ether oxygens (including phenoxy) is 1. The van der Waals surface area contributed by atoms with Gasteiger partial charge in [0, 0.05) is 18.3 Å². The standard InChI is InChI=1S/C18H21N3O4/c1-3-18(17(23)24-4-2)10-11-7-8-13(18)21(11)16(22)14-12-6-5-9-19-15(12)20-25-14/h5-6,9,11,13H,3-4,7-8,10H2,1-2H3/t11-,13+,18+/m1/s1. The number of fused-ring (bicyclic) bond motifs is 3. The minimum Gasteiger partial charge on any atom is -0.466 e. The monoisotopic (exact) mass is 343 g/mol. The number of hydrogen-bond acceptors (Lipinski definition) is 6. The number of pyridine rings is 1. The van der Waals surface area contributed by atoms with Gasteiger partial charge in [-0.15, -0.1) is 0 Å². The summed E-state index contributed by atoms with van der Waals surface area (Å²) in [6.45, 7) is 4.16. The minimum atomic E-state index is -0.608. The zero-order chi connectivity index (χ0) is 17.6. The molecule has 0 radical (unpaired) electrons. The Morgan fingerprint density at radius 2 is 2.24 bits per heavy atom. The second-order valence-corrected chi connectivity index (χ2v) is 6.78. The van der Waals surface area contributed by atoms with E-state index in [1.165, 1.54) is 0 Å². The summed E-state index contributed by atoms with van der Waals surface area (Å²) in [6.07, 6.45) is 4.65. The number of aromatic nitrogens is 2. The number of hydrogen-bond donors (Lipinski definition) is 0. The predicted octanol–water partition coefficient (Wildman–Crippen LogP) is 2.56. The molecule has 2 aliphatic rings. The quantitative estimate of drug-likeness (QED) is 0.793. The average molecular weight is 343 g/mol. The maximum Gasteiger partial charge on any atom is 0.314 e. The van der Waals surface area contributed by atoms with Crippen LogP contribution in [0.2, 0.25) is 0 Å². The number of carbonyl (C=O) groups is 2. The smallest absolute Gasteiger partial charge is 0.314 e. The molecule has 0 unspecified atom stereocenters. The van der Waals surface area contributed by atoms with Crippen LogP contribution in [0.1, 0.15) is 50.1 Å². The van der Waals surface area contributed by atoms with Gasteiger partial charge in [-0.05, 0) is 44.7 Å². The summed E-state index contributed by atoms with van der Waals surface area (Å²) in [5, 5.41) is 4.49. The fourth-order valence-corrected chi connectivity index (χ4v) is 4.56. The van der Waals surface area contributed by atoms with Gasteiger partial charge in [0.2, 0.25) is 11.4 Å². The van der Waals surface area contributed by atoms with Gasteiger partial charge >= 0.3 is 5.97 Å². The van der Waals surface area contributed by atoms with Gasteiger partial charge in [0.05, 0.1) is 17.4 Å². The van der Waals surface area contributed by atoms with Crippen LogP contribution in [0.15, 0.2) is 22.9 Å². The van der Waals surface area contributed by atoms with Crippen molar-refractivity contribution in [2.45, 2.75) is 51.6 Å². The molecule has 2 aliphatic heterocycles. The number of esters is 1. The van der Waals surface area contributed by atoms with Gasteiger partial charge in [0.1, 0.15) is 0 Å². The molecule has 2 saturated heterocycles. The van der Waals surface area contributed by atoms with Crippen molar-refractivity contribution in [3.63, 3.8) is 0 Å². The third kappa shape index (κ3) is 2.18. The first kappa shape index (κ1) is 16.1. The van der Waals surface area contributed by atoms with Crippen LogP contribution in [0, 0.1) is 5.41 Å². The maximum absolute atomic E-state index is 13.2. The zero-order valence-corrected chi connectivity index (χ0v) is 14.4. The first-order valence-electron chi connectivity index (χ1n) is 8.82. The Bertz CT molecular complexity index is 833. The number of amides is 1. The number of carbonyl (C=O) groups excluding carboxylic acids is 2. The molecule has 2 aromatic heterocycles. The molecule has 25 heavy (non-hydrogen) atoms. The molecule has 0 N–H and O–H groups in total. The van der Waals surface area contributed by atoms with Crippen molar-refractivity contribution >= 4 is 22.9 Å². The summed E-state index contributed by atoms with van der Waals surface area (Å²) in [7, 11) is 0. The lowest BCUT2D eigenvalue weighted by molar-refractivity contribution is -0.157. The highest BCUT2D eigenvalue weighted by atomic mass is 16.5. The summed E-state index contributed by atoms with van der Waals surface area (Å²) in [6, 6.07) is 3.43. The van der Waals surface area contributed by atoms with Crippen LogP contribution in [0.4, 0.5) is 0 Å². The SMILES string of the molecule is CCOC(=O)[C@@]1(CC)C[C@H]2CC[C@@H]1N2C(=O)c1onc2ncccc12. The molecule has 0 aliphatic carbocycles. The molecule has 0 aromatic carbocycles. The lowest BCUT2D eigenvalue weighted by atomic mass is 9.72. The molecule has 3 atom stereocenters. The highest BCUT2D eigenvalue weighted by molar-refractivity contribution is 6.03. The largest absolute Gasteiger partial charge is 0.466 e. The van der Waals surface area contributed by atoms with Crippen LogP contribution in [-0.2, 0) is 9.53 Å². The minimum absolute atomic E-state index is 0.0404. The Balaban J connectivity index is 1.69. The summed E-state index contributed by atoms with van der Waals surface area (Å²) in [5.74, 6) is -0.190. The second-order valence-electron chi connectivity index (χ2n) is 6.78. The van der Waals surface area contributed by atoms with Gasteiger partial charge < -0.3 is 14.2 Å². The fourth-order valence-electron chi connectivity index (χ4n) is 4.56. The highest BCUT2D eigenvalue weighted by Crippen LogP contribution is 2.53. The summed E-state index contributed by atoms with van der Waals surface area (Å²) >= 11 is 0. The van der Waals surface area contributed by atoms with E-state index < -0.39 is 5.41 Å². The van der Waals surface area contributed by atoms with Crippen LogP contribution >= 0.6 is 0 Å². The molecule has 0 spiro atoms. The van der Waals surface area contributed by atoms with E-state index >= 15 is 0 Å². The Labute approximate surface area is 145 Å². The van der Waals surface area contributed by atoms with Crippen molar-refractivity contribution in [2.24, 2.45) is 5.41 Å². The number of rotatable bonds is 4. The van der Waals surface area contributed by atoms with E-state index in [-0.39, 0.29) is 29.7 Å². The molecule has 1 amide bonds. The average Bonchev–Trinajstić information content (AvgIpc) is 3.32. The molecule has 7 nitrogen and oxygen atoms in total. The number of nitrogens with zero attached hydrogens (tertiary/aromatic N) is 3. The maximum atomic E-state index is 13.2. The highest BCUT2D eigenvalue weighted by Gasteiger charge is 2.61. The molecule has 2 aromatic rings. The summed E-state index contributed by atoms with van der Waals surface area (Å²) in [4.78, 5) is 31.8. The van der Waals surface area contributed by atoms with Gasteiger partial charge in [0.15, 0.2) is 0 Å². The van der Waals surface area contributed by atoms with Crippen molar-refractivity contribution in [2.75, 3.05) is 6.61 Å². The molecule has 2 bridgehead atoms. The van der Waals surface area contributed by atoms with E-state index in [0.717, 1.165) is 12.8 Å². The van der Waals surface area contributed by atoms with Crippen molar-refractivity contribution in [1.82, 2.24) is 15.0 Å². The first-order chi connectivity index (χ1) is 12.1. The third-order valence-corrected chi connectivity index (χ3v) is 5.74. The molecule has 2 fully saturated rings. The van der Waals surface area contributed by atoms with E-state index in [2.05, 4.69) is 10.1 Å². The van der Waals surface area contributed by atoms with Crippen LogP contribution in [0.25, 0.3) is 11.0 Å². The van der Waals surface area contributed by atoms with Crippen LogP contribution in [-0.4, -0.2) is 45.6 Å². The van der Waals surface area contributed by atoms with Gasteiger partial charge in [0.25, 0.3) is 5.91 Å². The molecular formula is C18H21N3O4. The Kier molecular flexibility index (Phi) is 3.74. The predicted molar refractivity (Wildman–Crippen MR) is 88.8 cm³/mol. The van der Waals surface area contributed by atoms with Crippen LogP contribution < -0.4 is 0 Å². The van der Waals surface area contributed by atoms with E-state index in [1.54, 1.807) is 18.3 Å². The molecule has 4 rings (SSSR count). The summed E-state index contributed by atoms with van der Waals surface area (Å²) in [5.41, 5.74) is -0.188. The molecule has 7 heteroatoms. The van der Waals surface area contributed by atoms with E-state index in [9.17, 15) is 9.59 Å². The Morgan fingerprint density at radius 1 is 1.40 bits per heavy atom. The molecule has 0 saturated carbocycles. The Hall–Kier alpha value is -2.44. The molecule has 4 heterocycles. The van der Waals surface area contributed by atoms with Crippen molar-refractivity contribution in [3.8, 4) is 0 Å². The van der Waals surface area contributed by atoms with E-state index in [0.29, 0.717) is 30.5 Å². The Morgan fingerprint density at radius 3 is 3.00 bits per heavy atom. The van der Waals surface area contributed by atoms with Gasteiger partial charge in [-0.25, -0.2) is 4.98 Å². The summed E-state index contributed by atoms with van der Waals surface area (Å²) < 4.78 is 10.6. The topological polar surface area (TPSA) is 85.5 Å². The first-order valence-corrected chi connectivity index (χ1v) is 8.82. The van der Waals surface area contributed by atoms with Crippen LogP contribution in [0.3, 0.4) is 0 Å². The van der Waals surface area contributed by atoms with Gasteiger partial charge in [-0.1, -0.05) is 12.1 Å². The van der Waals surface area contributed by atoms with E-state index in [4.69, 9.17) is 9.26 Å². The molecular weight excluding hydrogens is 322 g/mol. The van der Waals surface area contributed by atoms with Crippen molar-refractivity contribution in [1.29, 1.82) is 0 Å². The normalized spacial score (nSPS) is 27.8. The fraction of sp³-hybridized carbons (Fsp3) is 0.556. The molecule has 132 valence electrons. The lowest BCUT2D eigenvalue weighted by Crippen LogP contribution is -2.45. The van der Waals surface area contributed by atoms with E-state index in [1.807, 2.05) is 18.7 Å². The van der Waals surface area contributed by atoms with Crippen molar-refractivity contribution in [3.05, 3.63) is 24.1 Å². The zero-order valence-electron chi connectivity index (χ0n) is 14.4.